The Morgan fingerprint density at radius 2 is 1.90 bits per heavy atom. The van der Waals surface area contributed by atoms with E-state index < -0.39 is 16.0 Å². The Morgan fingerprint density at radius 1 is 1.21 bits per heavy atom. The zero-order valence-electron chi connectivity index (χ0n) is 15.3. The molecular weight excluding hydrogens is 464 g/mol. The molecule has 8 nitrogen and oxygen atoms in total. The predicted molar refractivity (Wildman–Crippen MR) is 108 cm³/mol. The van der Waals surface area contributed by atoms with Crippen molar-refractivity contribution < 1.29 is 27.2 Å². The van der Waals surface area contributed by atoms with E-state index in [0.717, 1.165) is 5.56 Å². The molecule has 0 saturated carbocycles. The molecule has 0 aliphatic carbocycles. The van der Waals surface area contributed by atoms with Gasteiger partial charge in [-0.25, -0.2) is 0 Å². The average molecular weight is 479 g/mol. The first-order valence-electron chi connectivity index (χ1n) is 8.23. The van der Waals surface area contributed by atoms with Gasteiger partial charge in [0.1, 0.15) is 11.3 Å². The Kier molecular flexibility index (Phi) is 5.85. The van der Waals surface area contributed by atoms with E-state index in [9.17, 15) is 18.0 Å². The van der Waals surface area contributed by atoms with Gasteiger partial charge in [0.25, 0.3) is 10.0 Å². The second-order valence-electron chi connectivity index (χ2n) is 6.05. The highest BCUT2D eigenvalue weighted by atomic mass is 79.9. The first kappa shape index (κ1) is 20.7. The summed E-state index contributed by atoms with van der Waals surface area (Å²) in [6.07, 6.45) is 0.587. The molecule has 1 N–H and O–H groups in total. The van der Waals surface area contributed by atoms with Crippen LogP contribution < -0.4 is 15.1 Å². The van der Waals surface area contributed by atoms with E-state index in [1.807, 2.05) is 6.92 Å². The minimum absolute atomic E-state index is 0.0318. The summed E-state index contributed by atoms with van der Waals surface area (Å²) in [6.45, 7) is 3.09. The molecule has 10 heteroatoms. The van der Waals surface area contributed by atoms with Gasteiger partial charge in [-0.1, -0.05) is 17.7 Å². The van der Waals surface area contributed by atoms with E-state index in [2.05, 4.69) is 25.9 Å². The van der Waals surface area contributed by atoms with Gasteiger partial charge in [-0.15, -0.1) is 5.10 Å². The number of hydrogen-bond donors (Lipinski definition) is 1. The van der Waals surface area contributed by atoms with Gasteiger partial charge in [-0.05, 0) is 41.1 Å². The summed E-state index contributed by atoms with van der Waals surface area (Å²) in [5.41, 5.74) is 1.17. The van der Waals surface area contributed by atoms with Crippen molar-refractivity contribution in [2.75, 3.05) is 0 Å². The van der Waals surface area contributed by atoms with Crippen LogP contribution in [0.4, 0.5) is 0 Å². The van der Waals surface area contributed by atoms with Crippen LogP contribution in [0.5, 0.6) is 5.75 Å². The Bertz CT molecular complexity index is 1280. The molecule has 0 saturated heterocycles. The lowest BCUT2D eigenvalue weighted by atomic mass is 10.1. The van der Waals surface area contributed by atoms with Gasteiger partial charge < -0.3 is 9.15 Å². The lowest BCUT2D eigenvalue weighted by Gasteiger charge is -2.07. The van der Waals surface area contributed by atoms with E-state index in [0.29, 0.717) is 16.1 Å². The molecule has 1 heterocycles. The number of sulfonamides is 1. The average Bonchev–Trinajstić information content (AvgIpc) is 2.66. The van der Waals surface area contributed by atoms with Gasteiger partial charge in [0.15, 0.2) is 6.29 Å². The van der Waals surface area contributed by atoms with Crippen molar-refractivity contribution in [1.29, 1.82) is 0 Å². The third kappa shape index (κ3) is 4.72. The molecule has 0 unspecified atom stereocenters. The Morgan fingerprint density at radius 3 is 2.52 bits per heavy atom. The summed E-state index contributed by atoms with van der Waals surface area (Å²) in [5.74, 6) is -0.352. The SMILES string of the molecule is CC(=O)Oc1cc2oc(=NNS(=O)(=O)c3ccc(C)cc3)cc(C=O)c2cc1Br. The van der Waals surface area contributed by atoms with Gasteiger partial charge in [0, 0.05) is 30.0 Å². The summed E-state index contributed by atoms with van der Waals surface area (Å²) in [4.78, 5) is 24.8. The minimum atomic E-state index is -3.92. The van der Waals surface area contributed by atoms with Crippen molar-refractivity contribution >= 4 is 49.2 Å². The Hall–Kier alpha value is -2.98. The van der Waals surface area contributed by atoms with E-state index in [1.54, 1.807) is 18.2 Å². The maximum Gasteiger partial charge on any atom is 0.308 e. The number of esters is 1. The third-order valence-corrected chi connectivity index (χ3v) is 5.67. The molecule has 2 aromatic carbocycles. The van der Waals surface area contributed by atoms with Crippen LogP contribution in [0.3, 0.4) is 0 Å². The highest BCUT2D eigenvalue weighted by molar-refractivity contribution is 9.10. The van der Waals surface area contributed by atoms with E-state index >= 15 is 0 Å². The van der Waals surface area contributed by atoms with Crippen LogP contribution in [-0.2, 0) is 14.8 Å². The van der Waals surface area contributed by atoms with Crippen molar-refractivity contribution in [3.63, 3.8) is 0 Å². The number of rotatable bonds is 5. The summed E-state index contributed by atoms with van der Waals surface area (Å²) in [5, 5.41) is 4.20. The largest absolute Gasteiger partial charge is 0.437 e. The zero-order valence-corrected chi connectivity index (χ0v) is 17.7. The number of benzene rings is 2. The normalized spacial score (nSPS) is 12.0. The number of halogens is 1. The number of aryl methyl sites for hydroxylation is 1. The summed E-state index contributed by atoms with van der Waals surface area (Å²) in [6, 6.07) is 10.5. The van der Waals surface area contributed by atoms with Gasteiger partial charge in [-0.2, -0.15) is 13.2 Å². The highest BCUT2D eigenvalue weighted by Gasteiger charge is 2.14. The quantitative estimate of drug-likeness (QED) is 0.260. The predicted octanol–water partition coefficient (Wildman–Crippen LogP) is 3.04. The fourth-order valence-electron chi connectivity index (χ4n) is 2.46. The van der Waals surface area contributed by atoms with Crippen molar-refractivity contribution in [3.8, 4) is 5.75 Å². The molecule has 0 atom stereocenters. The topological polar surface area (TPSA) is 115 Å². The second-order valence-corrected chi connectivity index (χ2v) is 8.57. The first-order valence-corrected chi connectivity index (χ1v) is 10.5. The fourth-order valence-corrected chi connectivity index (χ4v) is 3.69. The maximum absolute atomic E-state index is 12.4. The zero-order chi connectivity index (χ0) is 21.2. The standard InChI is InChI=1S/C19H15BrN2O6S/c1-11-3-5-14(6-4-11)29(25,26)22-21-19-7-13(10-23)15-8-16(20)18(27-12(2)24)9-17(15)28-19/h3-10,22H,1-2H3. The number of nitrogens with one attached hydrogen (secondary N) is 1. The second kappa shape index (κ2) is 8.18. The van der Waals surface area contributed by atoms with Gasteiger partial charge >= 0.3 is 5.97 Å². The van der Waals surface area contributed by atoms with Crippen LogP contribution in [-0.4, -0.2) is 20.7 Å². The molecule has 1 aromatic heterocycles. The number of hydrogen-bond acceptors (Lipinski definition) is 7. The Labute approximate surface area is 174 Å². The molecule has 3 rings (SSSR count). The summed E-state index contributed by atoms with van der Waals surface area (Å²) in [7, 11) is -3.92. The molecular formula is C19H15BrN2O6S. The fraction of sp³-hybridized carbons (Fsp3) is 0.105. The van der Waals surface area contributed by atoms with Crippen molar-refractivity contribution in [1.82, 2.24) is 4.83 Å². The number of carbonyl (C=O) groups is 2. The van der Waals surface area contributed by atoms with Gasteiger partial charge in [-0.3, -0.25) is 9.59 Å². The first-order chi connectivity index (χ1) is 13.7. The van der Waals surface area contributed by atoms with E-state index in [1.165, 1.54) is 31.2 Å². The molecule has 0 aliphatic rings. The lowest BCUT2D eigenvalue weighted by Crippen LogP contribution is -2.21. The highest BCUT2D eigenvalue weighted by Crippen LogP contribution is 2.31. The van der Waals surface area contributed by atoms with E-state index in [4.69, 9.17) is 9.15 Å². The molecule has 0 radical (unpaired) electrons. The Balaban J connectivity index is 2.06. The minimum Gasteiger partial charge on any atom is -0.437 e. The van der Waals surface area contributed by atoms with E-state index in [-0.39, 0.29) is 27.3 Å². The number of carbonyl (C=O) groups excluding carboxylic acids is 2. The van der Waals surface area contributed by atoms with Crippen LogP contribution >= 0.6 is 15.9 Å². The molecule has 3 aromatic rings. The van der Waals surface area contributed by atoms with Crippen LogP contribution in [0.2, 0.25) is 0 Å². The molecule has 0 spiro atoms. The number of aldehydes is 1. The number of nitrogens with zero attached hydrogens (tertiary/aromatic N) is 1. The maximum atomic E-state index is 12.4. The molecule has 0 fully saturated rings. The smallest absolute Gasteiger partial charge is 0.308 e. The number of ether oxygens (including phenoxy) is 1. The van der Waals surface area contributed by atoms with Crippen molar-refractivity contribution in [2.24, 2.45) is 5.10 Å². The number of fused-ring (bicyclic) bond motifs is 1. The summed E-state index contributed by atoms with van der Waals surface area (Å²) < 4.78 is 35.8. The van der Waals surface area contributed by atoms with Crippen LogP contribution in [0.1, 0.15) is 22.8 Å². The van der Waals surface area contributed by atoms with Crippen molar-refractivity contribution in [3.05, 3.63) is 63.6 Å². The van der Waals surface area contributed by atoms with Crippen LogP contribution in [0, 0.1) is 6.92 Å². The molecule has 0 amide bonds. The third-order valence-electron chi connectivity index (χ3n) is 3.83. The van der Waals surface area contributed by atoms with Crippen molar-refractivity contribution in [2.45, 2.75) is 18.7 Å². The molecule has 29 heavy (non-hydrogen) atoms. The molecule has 150 valence electrons. The lowest BCUT2D eigenvalue weighted by molar-refractivity contribution is -0.131. The van der Waals surface area contributed by atoms with Gasteiger partial charge in [0.05, 0.1) is 9.37 Å². The molecule has 0 bridgehead atoms. The summed E-state index contributed by atoms with van der Waals surface area (Å²) >= 11 is 3.27. The monoisotopic (exact) mass is 478 g/mol. The van der Waals surface area contributed by atoms with Gasteiger partial charge in [0.2, 0.25) is 5.55 Å². The van der Waals surface area contributed by atoms with Crippen LogP contribution in [0.15, 0.2) is 61.4 Å². The molecule has 0 aliphatic heterocycles. The van der Waals surface area contributed by atoms with Crippen LogP contribution in [0.25, 0.3) is 11.0 Å².